The standard InChI is InChI=1S/C18H26N2O4/c1-13-11-22-17(19)16(24-13)15-8-5-9-20(10-15)18(21)23-12-14-6-3-2-4-7-14/h2-4,6-7,13,15-17H,5,8-12,19H2,1H3. The van der Waals surface area contributed by atoms with Gasteiger partial charge in [0, 0.05) is 19.0 Å². The van der Waals surface area contributed by atoms with E-state index >= 15 is 0 Å². The van der Waals surface area contributed by atoms with Crippen LogP contribution in [0.15, 0.2) is 30.3 Å². The van der Waals surface area contributed by atoms with Gasteiger partial charge in [-0.3, -0.25) is 0 Å². The molecule has 0 bridgehead atoms. The molecule has 3 rings (SSSR count). The molecular formula is C18H26N2O4. The van der Waals surface area contributed by atoms with Gasteiger partial charge in [0.25, 0.3) is 0 Å². The van der Waals surface area contributed by atoms with Crippen LogP contribution in [-0.2, 0) is 20.8 Å². The first-order valence-electron chi connectivity index (χ1n) is 8.62. The molecule has 4 unspecified atom stereocenters. The van der Waals surface area contributed by atoms with Gasteiger partial charge in [-0.15, -0.1) is 0 Å². The third-order valence-electron chi connectivity index (χ3n) is 4.62. The zero-order valence-electron chi connectivity index (χ0n) is 14.1. The fraction of sp³-hybridized carbons (Fsp3) is 0.611. The van der Waals surface area contributed by atoms with Gasteiger partial charge < -0.3 is 24.8 Å². The number of piperidine rings is 1. The highest BCUT2D eigenvalue weighted by Crippen LogP contribution is 2.27. The summed E-state index contributed by atoms with van der Waals surface area (Å²) >= 11 is 0. The second-order valence-electron chi connectivity index (χ2n) is 6.60. The van der Waals surface area contributed by atoms with Crippen LogP contribution in [0.25, 0.3) is 0 Å². The number of hydrogen-bond acceptors (Lipinski definition) is 5. The quantitative estimate of drug-likeness (QED) is 0.916. The molecule has 0 radical (unpaired) electrons. The zero-order valence-corrected chi connectivity index (χ0v) is 14.1. The highest BCUT2D eigenvalue weighted by atomic mass is 16.6. The van der Waals surface area contributed by atoms with Crippen LogP contribution in [0.2, 0.25) is 0 Å². The molecular weight excluding hydrogens is 308 g/mol. The molecule has 2 aliphatic heterocycles. The summed E-state index contributed by atoms with van der Waals surface area (Å²) in [6, 6.07) is 9.70. The summed E-state index contributed by atoms with van der Waals surface area (Å²) < 4.78 is 17.0. The van der Waals surface area contributed by atoms with E-state index in [9.17, 15) is 4.79 Å². The van der Waals surface area contributed by atoms with Gasteiger partial charge >= 0.3 is 6.09 Å². The summed E-state index contributed by atoms with van der Waals surface area (Å²) in [5.41, 5.74) is 7.03. The average Bonchev–Trinajstić information content (AvgIpc) is 2.62. The van der Waals surface area contributed by atoms with Crippen LogP contribution in [0.3, 0.4) is 0 Å². The number of nitrogens with zero attached hydrogens (tertiary/aromatic N) is 1. The van der Waals surface area contributed by atoms with Crippen molar-refractivity contribution in [2.75, 3.05) is 19.7 Å². The minimum atomic E-state index is -0.425. The minimum Gasteiger partial charge on any atom is -0.445 e. The predicted molar refractivity (Wildman–Crippen MR) is 89.2 cm³/mol. The van der Waals surface area contributed by atoms with Crippen molar-refractivity contribution in [2.45, 2.75) is 44.8 Å². The Morgan fingerprint density at radius 1 is 1.38 bits per heavy atom. The van der Waals surface area contributed by atoms with Crippen molar-refractivity contribution >= 4 is 6.09 Å². The number of carbonyl (C=O) groups excluding carboxylic acids is 1. The third-order valence-corrected chi connectivity index (χ3v) is 4.62. The molecule has 2 N–H and O–H groups in total. The second-order valence-corrected chi connectivity index (χ2v) is 6.60. The Kier molecular flexibility index (Phi) is 5.71. The molecule has 2 saturated heterocycles. The molecule has 2 fully saturated rings. The summed E-state index contributed by atoms with van der Waals surface area (Å²) in [4.78, 5) is 14.1. The van der Waals surface area contributed by atoms with Crippen molar-refractivity contribution < 1.29 is 19.0 Å². The number of nitrogens with two attached hydrogens (primary N) is 1. The van der Waals surface area contributed by atoms with Gasteiger partial charge in [0.2, 0.25) is 0 Å². The van der Waals surface area contributed by atoms with E-state index in [1.165, 1.54) is 0 Å². The van der Waals surface area contributed by atoms with Gasteiger partial charge in [-0.25, -0.2) is 4.79 Å². The topological polar surface area (TPSA) is 74.0 Å². The largest absolute Gasteiger partial charge is 0.445 e. The molecule has 1 aromatic carbocycles. The Morgan fingerprint density at radius 3 is 2.96 bits per heavy atom. The number of benzene rings is 1. The van der Waals surface area contributed by atoms with Crippen molar-refractivity contribution in [3.05, 3.63) is 35.9 Å². The van der Waals surface area contributed by atoms with Gasteiger partial charge in [-0.05, 0) is 25.3 Å². The third kappa shape index (κ3) is 4.26. The van der Waals surface area contributed by atoms with E-state index in [0.717, 1.165) is 18.4 Å². The van der Waals surface area contributed by atoms with E-state index in [2.05, 4.69) is 0 Å². The first-order chi connectivity index (χ1) is 11.6. The molecule has 0 spiro atoms. The molecule has 4 atom stereocenters. The lowest BCUT2D eigenvalue weighted by atomic mass is 9.91. The van der Waals surface area contributed by atoms with Gasteiger partial charge in [0.05, 0.1) is 12.7 Å². The van der Waals surface area contributed by atoms with E-state index in [4.69, 9.17) is 19.9 Å². The van der Waals surface area contributed by atoms with Gasteiger partial charge in [-0.2, -0.15) is 0 Å². The van der Waals surface area contributed by atoms with Crippen molar-refractivity contribution in [3.63, 3.8) is 0 Å². The van der Waals surface area contributed by atoms with Crippen molar-refractivity contribution in [1.82, 2.24) is 4.90 Å². The lowest BCUT2D eigenvalue weighted by molar-refractivity contribution is -0.194. The zero-order chi connectivity index (χ0) is 16.9. The van der Waals surface area contributed by atoms with Crippen LogP contribution in [0, 0.1) is 5.92 Å². The van der Waals surface area contributed by atoms with Crippen LogP contribution in [-0.4, -0.2) is 49.1 Å². The molecule has 0 saturated carbocycles. The minimum absolute atomic E-state index is 0.0372. The number of hydrogen-bond donors (Lipinski definition) is 1. The summed E-state index contributed by atoms with van der Waals surface area (Å²) in [6.07, 6.45) is 1.07. The molecule has 24 heavy (non-hydrogen) atoms. The van der Waals surface area contributed by atoms with Gasteiger partial charge in [0.15, 0.2) is 0 Å². The molecule has 6 heteroatoms. The second kappa shape index (κ2) is 7.96. The maximum absolute atomic E-state index is 12.3. The maximum Gasteiger partial charge on any atom is 0.410 e. The molecule has 0 aliphatic carbocycles. The number of rotatable bonds is 3. The fourth-order valence-corrected chi connectivity index (χ4v) is 3.36. The molecule has 1 aromatic rings. The van der Waals surface area contributed by atoms with E-state index in [1.54, 1.807) is 4.90 Å². The van der Waals surface area contributed by atoms with E-state index in [1.807, 2.05) is 37.3 Å². The molecule has 0 aromatic heterocycles. The van der Waals surface area contributed by atoms with Crippen LogP contribution in [0.4, 0.5) is 4.79 Å². The predicted octanol–water partition coefficient (Wildman–Crippen LogP) is 2.12. The number of amides is 1. The van der Waals surface area contributed by atoms with Crippen LogP contribution in [0.1, 0.15) is 25.3 Å². The summed E-state index contributed by atoms with van der Waals surface area (Å²) in [5.74, 6) is 0.181. The molecule has 2 heterocycles. The lowest BCUT2D eigenvalue weighted by Crippen LogP contribution is -2.55. The van der Waals surface area contributed by atoms with E-state index in [0.29, 0.717) is 26.3 Å². The number of carbonyl (C=O) groups is 1. The normalized spacial score (nSPS) is 30.8. The van der Waals surface area contributed by atoms with Gasteiger partial charge in [-0.1, -0.05) is 30.3 Å². The van der Waals surface area contributed by atoms with Gasteiger partial charge in [0.1, 0.15) is 18.9 Å². The Hall–Kier alpha value is -1.63. The number of likely N-dealkylation sites (tertiary alicyclic amines) is 1. The SMILES string of the molecule is CC1COC(N)C(C2CCCN(C(=O)OCc3ccccc3)C2)O1. The highest BCUT2D eigenvalue weighted by molar-refractivity contribution is 5.67. The number of ether oxygens (including phenoxy) is 3. The van der Waals surface area contributed by atoms with Crippen LogP contribution in [0.5, 0.6) is 0 Å². The van der Waals surface area contributed by atoms with Crippen LogP contribution >= 0.6 is 0 Å². The monoisotopic (exact) mass is 334 g/mol. The van der Waals surface area contributed by atoms with E-state index in [-0.39, 0.29) is 24.2 Å². The molecule has 2 aliphatic rings. The smallest absolute Gasteiger partial charge is 0.410 e. The lowest BCUT2D eigenvalue weighted by Gasteiger charge is -2.41. The molecule has 132 valence electrons. The Labute approximate surface area is 142 Å². The summed E-state index contributed by atoms with van der Waals surface area (Å²) in [5, 5.41) is 0. The summed E-state index contributed by atoms with van der Waals surface area (Å²) in [7, 11) is 0. The van der Waals surface area contributed by atoms with Crippen molar-refractivity contribution in [2.24, 2.45) is 11.7 Å². The Balaban J connectivity index is 1.53. The first-order valence-corrected chi connectivity index (χ1v) is 8.62. The maximum atomic E-state index is 12.3. The molecule has 1 amide bonds. The average molecular weight is 334 g/mol. The fourth-order valence-electron chi connectivity index (χ4n) is 3.36. The first kappa shape index (κ1) is 17.2. The van der Waals surface area contributed by atoms with E-state index < -0.39 is 6.23 Å². The molecule has 6 nitrogen and oxygen atoms in total. The Bertz CT molecular complexity index is 539. The summed E-state index contributed by atoms with van der Waals surface area (Å²) in [6.45, 7) is 4.10. The van der Waals surface area contributed by atoms with Crippen LogP contribution < -0.4 is 5.73 Å². The Morgan fingerprint density at radius 2 is 2.17 bits per heavy atom. The highest BCUT2D eigenvalue weighted by Gasteiger charge is 2.37. The van der Waals surface area contributed by atoms with Crippen molar-refractivity contribution in [1.29, 1.82) is 0 Å². The van der Waals surface area contributed by atoms with Crippen molar-refractivity contribution in [3.8, 4) is 0 Å².